The first-order valence-electron chi connectivity index (χ1n) is 6.62. The van der Waals surface area contributed by atoms with Gasteiger partial charge in [-0.3, -0.25) is 9.48 Å². The van der Waals surface area contributed by atoms with Crippen LogP contribution in [0.3, 0.4) is 0 Å². The molecule has 0 saturated carbocycles. The Labute approximate surface area is 112 Å². The molecule has 1 saturated heterocycles. The Kier molecular flexibility index (Phi) is 3.87. The molecule has 0 aliphatic carbocycles. The van der Waals surface area contributed by atoms with Crippen LogP contribution in [0.4, 0.5) is 0 Å². The van der Waals surface area contributed by atoms with Crippen LogP contribution in [0.1, 0.15) is 42.2 Å². The fourth-order valence-electron chi connectivity index (χ4n) is 2.51. The number of hydrogen-bond acceptors (Lipinski definition) is 3. The maximum atomic E-state index is 12.4. The molecular formula is C13H19N3O3. The molecule has 1 aliphatic rings. The molecule has 1 aromatic heterocycles. The third-order valence-electron chi connectivity index (χ3n) is 3.57. The Morgan fingerprint density at radius 1 is 1.53 bits per heavy atom. The summed E-state index contributed by atoms with van der Waals surface area (Å²) in [7, 11) is 0. The summed E-state index contributed by atoms with van der Waals surface area (Å²) >= 11 is 0. The first-order valence-corrected chi connectivity index (χ1v) is 6.62. The zero-order valence-corrected chi connectivity index (χ0v) is 11.3. The van der Waals surface area contributed by atoms with Gasteiger partial charge in [0.2, 0.25) is 0 Å². The molecule has 1 aliphatic heterocycles. The van der Waals surface area contributed by atoms with E-state index in [4.69, 9.17) is 5.11 Å². The van der Waals surface area contributed by atoms with Crippen LogP contribution in [0, 0.1) is 6.92 Å². The Morgan fingerprint density at radius 3 is 2.89 bits per heavy atom. The van der Waals surface area contributed by atoms with Crippen molar-refractivity contribution in [1.29, 1.82) is 0 Å². The van der Waals surface area contributed by atoms with Gasteiger partial charge in [0.05, 0.1) is 11.8 Å². The third-order valence-corrected chi connectivity index (χ3v) is 3.57. The Hall–Kier alpha value is -1.85. The van der Waals surface area contributed by atoms with Gasteiger partial charge in [0.25, 0.3) is 5.91 Å². The van der Waals surface area contributed by atoms with Crippen LogP contribution < -0.4 is 0 Å². The first-order chi connectivity index (χ1) is 9.06. The SMILES string of the molecule is CCCn1ncc(C(=O)N2CCC[C@H]2C(=O)O)c1C. The van der Waals surface area contributed by atoms with Crippen molar-refractivity contribution in [3.63, 3.8) is 0 Å². The summed E-state index contributed by atoms with van der Waals surface area (Å²) in [6.07, 6.45) is 3.76. The number of rotatable bonds is 4. The zero-order chi connectivity index (χ0) is 14.0. The highest BCUT2D eigenvalue weighted by atomic mass is 16.4. The molecule has 0 bridgehead atoms. The van der Waals surface area contributed by atoms with E-state index < -0.39 is 12.0 Å². The van der Waals surface area contributed by atoms with Crippen LogP contribution in [0.5, 0.6) is 0 Å². The van der Waals surface area contributed by atoms with E-state index in [1.165, 1.54) is 4.90 Å². The Morgan fingerprint density at radius 2 is 2.26 bits per heavy atom. The lowest BCUT2D eigenvalue weighted by atomic mass is 10.2. The minimum atomic E-state index is -0.926. The van der Waals surface area contributed by atoms with Crippen molar-refractivity contribution in [3.8, 4) is 0 Å². The average molecular weight is 265 g/mol. The highest BCUT2D eigenvalue weighted by Crippen LogP contribution is 2.21. The summed E-state index contributed by atoms with van der Waals surface area (Å²) in [4.78, 5) is 25.0. The van der Waals surface area contributed by atoms with Gasteiger partial charge in [0.15, 0.2) is 0 Å². The second-order valence-electron chi connectivity index (χ2n) is 4.86. The van der Waals surface area contributed by atoms with Crippen LogP contribution in [-0.4, -0.2) is 44.3 Å². The molecule has 2 rings (SSSR count). The first kappa shape index (κ1) is 13.6. The van der Waals surface area contributed by atoms with E-state index >= 15 is 0 Å². The van der Waals surface area contributed by atoms with Gasteiger partial charge >= 0.3 is 5.97 Å². The van der Waals surface area contributed by atoms with Crippen LogP contribution in [-0.2, 0) is 11.3 Å². The highest BCUT2D eigenvalue weighted by Gasteiger charge is 2.35. The Bertz CT molecular complexity index is 495. The third kappa shape index (κ3) is 2.47. The lowest BCUT2D eigenvalue weighted by molar-refractivity contribution is -0.141. The van der Waals surface area contributed by atoms with Gasteiger partial charge < -0.3 is 10.0 Å². The number of carbonyl (C=O) groups excluding carboxylic acids is 1. The zero-order valence-electron chi connectivity index (χ0n) is 11.3. The molecule has 1 aromatic rings. The molecule has 19 heavy (non-hydrogen) atoms. The van der Waals surface area contributed by atoms with Gasteiger partial charge in [-0.05, 0) is 26.2 Å². The van der Waals surface area contributed by atoms with E-state index in [0.29, 0.717) is 18.5 Å². The quantitative estimate of drug-likeness (QED) is 0.890. The number of carboxylic acid groups (broad SMARTS) is 1. The van der Waals surface area contributed by atoms with Gasteiger partial charge in [0, 0.05) is 18.8 Å². The van der Waals surface area contributed by atoms with Crippen LogP contribution in [0.15, 0.2) is 6.20 Å². The summed E-state index contributed by atoms with van der Waals surface area (Å²) in [5.41, 5.74) is 1.32. The summed E-state index contributed by atoms with van der Waals surface area (Å²) in [5.74, 6) is -1.14. The fourth-order valence-corrected chi connectivity index (χ4v) is 2.51. The van der Waals surface area contributed by atoms with E-state index in [1.54, 1.807) is 10.9 Å². The molecule has 2 heterocycles. The number of aryl methyl sites for hydroxylation is 1. The number of aromatic nitrogens is 2. The molecule has 0 unspecified atom stereocenters. The molecule has 1 fully saturated rings. The second-order valence-corrected chi connectivity index (χ2v) is 4.86. The van der Waals surface area contributed by atoms with Crippen molar-refractivity contribution in [2.24, 2.45) is 0 Å². The van der Waals surface area contributed by atoms with Crippen molar-refractivity contribution in [2.45, 2.75) is 45.7 Å². The molecule has 104 valence electrons. The van der Waals surface area contributed by atoms with Crippen molar-refractivity contribution in [2.75, 3.05) is 6.54 Å². The van der Waals surface area contributed by atoms with Crippen molar-refractivity contribution >= 4 is 11.9 Å². The Balaban J connectivity index is 2.22. The molecule has 1 atom stereocenters. The normalized spacial score (nSPS) is 18.8. The molecule has 0 radical (unpaired) electrons. The topological polar surface area (TPSA) is 75.4 Å². The minimum Gasteiger partial charge on any atom is -0.480 e. The maximum Gasteiger partial charge on any atom is 0.326 e. The fraction of sp³-hybridized carbons (Fsp3) is 0.615. The van der Waals surface area contributed by atoms with E-state index in [0.717, 1.165) is 25.1 Å². The summed E-state index contributed by atoms with van der Waals surface area (Å²) in [5, 5.41) is 13.3. The van der Waals surface area contributed by atoms with E-state index in [2.05, 4.69) is 5.10 Å². The van der Waals surface area contributed by atoms with Gasteiger partial charge in [-0.2, -0.15) is 5.10 Å². The molecule has 6 nitrogen and oxygen atoms in total. The number of aliphatic carboxylic acids is 1. The smallest absolute Gasteiger partial charge is 0.326 e. The highest BCUT2D eigenvalue weighted by molar-refractivity contribution is 5.97. The molecule has 0 spiro atoms. The summed E-state index contributed by atoms with van der Waals surface area (Å²) < 4.78 is 1.79. The number of amides is 1. The molecule has 1 amide bonds. The van der Waals surface area contributed by atoms with Gasteiger partial charge in [-0.1, -0.05) is 6.92 Å². The lowest BCUT2D eigenvalue weighted by Crippen LogP contribution is -2.40. The van der Waals surface area contributed by atoms with E-state index in [1.807, 2.05) is 13.8 Å². The molecular weight excluding hydrogens is 246 g/mol. The van der Waals surface area contributed by atoms with Gasteiger partial charge in [-0.25, -0.2) is 4.79 Å². The number of likely N-dealkylation sites (tertiary alicyclic amines) is 1. The maximum absolute atomic E-state index is 12.4. The summed E-state index contributed by atoms with van der Waals surface area (Å²) in [6, 6.07) is -0.693. The monoisotopic (exact) mass is 265 g/mol. The number of carbonyl (C=O) groups is 2. The van der Waals surface area contributed by atoms with Crippen molar-refractivity contribution in [3.05, 3.63) is 17.5 Å². The molecule has 0 aromatic carbocycles. The van der Waals surface area contributed by atoms with Crippen LogP contribution in [0.25, 0.3) is 0 Å². The predicted molar refractivity (Wildman–Crippen MR) is 68.9 cm³/mol. The van der Waals surface area contributed by atoms with Crippen molar-refractivity contribution < 1.29 is 14.7 Å². The summed E-state index contributed by atoms with van der Waals surface area (Å²) in [6.45, 7) is 5.17. The average Bonchev–Trinajstić information content (AvgIpc) is 2.97. The van der Waals surface area contributed by atoms with Crippen LogP contribution in [0.2, 0.25) is 0 Å². The van der Waals surface area contributed by atoms with Crippen LogP contribution >= 0.6 is 0 Å². The number of nitrogens with zero attached hydrogens (tertiary/aromatic N) is 3. The lowest BCUT2D eigenvalue weighted by Gasteiger charge is -2.21. The molecule has 1 N–H and O–H groups in total. The minimum absolute atomic E-state index is 0.218. The number of carboxylic acids is 1. The van der Waals surface area contributed by atoms with E-state index in [9.17, 15) is 9.59 Å². The van der Waals surface area contributed by atoms with Crippen molar-refractivity contribution in [1.82, 2.24) is 14.7 Å². The molecule has 6 heteroatoms. The second kappa shape index (κ2) is 5.42. The van der Waals surface area contributed by atoms with Gasteiger partial charge in [0.1, 0.15) is 6.04 Å². The number of hydrogen-bond donors (Lipinski definition) is 1. The van der Waals surface area contributed by atoms with Gasteiger partial charge in [-0.15, -0.1) is 0 Å². The largest absolute Gasteiger partial charge is 0.480 e. The standard InChI is InChI=1S/C13H19N3O3/c1-3-6-16-9(2)10(8-14-16)12(17)15-7-4-5-11(15)13(18)19/h8,11H,3-7H2,1-2H3,(H,18,19)/t11-/m0/s1. The predicted octanol–water partition coefficient (Wildman–Crippen LogP) is 1.29. The van der Waals surface area contributed by atoms with E-state index in [-0.39, 0.29) is 5.91 Å².